The second-order valence-electron chi connectivity index (χ2n) is 4.02. The molecule has 0 aliphatic carbocycles. The zero-order valence-electron chi connectivity index (χ0n) is 10.5. The summed E-state index contributed by atoms with van der Waals surface area (Å²) >= 11 is 1.43. The molecule has 0 radical (unpaired) electrons. The molecular formula is C11H16N4O2S2. The molecule has 104 valence electrons. The van der Waals surface area contributed by atoms with E-state index >= 15 is 0 Å². The molecule has 19 heavy (non-hydrogen) atoms. The fourth-order valence-electron chi connectivity index (χ4n) is 1.50. The quantitative estimate of drug-likeness (QED) is 0.680. The number of aromatic nitrogens is 2. The van der Waals surface area contributed by atoms with Crippen molar-refractivity contribution < 1.29 is 8.42 Å². The first-order chi connectivity index (χ1) is 9.12. The number of sulfonamides is 1. The lowest BCUT2D eigenvalue weighted by atomic mass is 10.4. The largest absolute Gasteiger partial charge is 0.312 e. The Kier molecular flexibility index (Phi) is 4.56. The molecule has 3 N–H and O–H groups in total. The smallest absolute Gasteiger partial charge is 0.262 e. The van der Waals surface area contributed by atoms with Crippen molar-refractivity contribution in [1.82, 2.24) is 15.5 Å². The predicted octanol–water partition coefficient (Wildman–Crippen LogP) is 1.77. The van der Waals surface area contributed by atoms with Crippen molar-refractivity contribution in [1.29, 1.82) is 0 Å². The third kappa shape index (κ3) is 3.79. The van der Waals surface area contributed by atoms with Crippen LogP contribution in [0.2, 0.25) is 0 Å². The van der Waals surface area contributed by atoms with Crippen molar-refractivity contribution in [3.05, 3.63) is 28.7 Å². The monoisotopic (exact) mass is 300 g/mol. The van der Waals surface area contributed by atoms with E-state index in [1.807, 2.05) is 0 Å². The molecule has 6 nitrogen and oxygen atoms in total. The Labute approximate surface area is 116 Å². The summed E-state index contributed by atoms with van der Waals surface area (Å²) in [4.78, 5) is 1.29. The molecule has 2 heterocycles. The van der Waals surface area contributed by atoms with Crippen LogP contribution in [0.5, 0.6) is 0 Å². The van der Waals surface area contributed by atoms with Gasteiger partial charge >= 0.3 is 0 Å². The number of nitrogens with one attached hydrogen (secondary N) is 3. The fourth-order valence-corrected chi connectivity index (χ4v) is 3.78. The summed E-state index contributed by atoms with van der Waals surface area (Å²) in [5.41, 5.74) is 0.428. The van der Waals surface area contributed by atoms with Gasteiger partial charge in [0.05, 0.1) is 16.8 Å². The van der Waals surface area contributed by atoms with Gasteiger partial charge < -0.3 is 5.32 Å². The second kappa shape index (κ2) is 6.18. The van der Waals surface area contributed by atoms with Crippen LogP contribution in [0.1, 0.15) is 18.2 Å². The van der Waals surface area contributed by atoms with Crippen LogP contribution in [0.15, 0.2) is 28.7 Å². The van der Waals surface area contributed by atoms with Crippen LogP contribution in [-0.4, -0.2) is 25.2 Å². The summed E-state index contributed by atoms with van der Waals surface area (Å²) in [7, 11) is -3.52. The molecule has 0 aliphatic rings. The lowest BCUT2D eigenvalue weighted by Crippen LogP contribution is -2.13. The molecule has 8 heteroatoms. The molecule has 0 aromatic carbocycles. The van der Waals surface area contributed by atoms with E-state index in [1.165, 1.54) is 23.7 Å². The first-order valence-electron chi connectivity index (χ1n) is 5.91. The van der Waals surface area contributed by atoms with Gasteiger partial charge in [-0.2, -0.15) is 5.10 Å². The van der Waals surface area contributed by atoms with Crippen LogP contribution in [0.3, 0.4) is 0 Å². The first-order valence-corrected chi connectivity index (χ1v) is 8.28. The Morgan fingerprint density at radius 1 is 1.47 bits per heavy atom. The Morgan fingerprint density at radius 2 is 2.32 bits per heavy atom. The molecule has 2 aromatic heterocycles. The van der Waals surface area contributed by atoms with Gasteiger partial charge in [-0.15, -0.1) is 11.3 Å². The number of thiophene rings is 1. The van der Waals surface area contributed by atoms with Crippen LogP contribution in [0.4, 0.5) is 5.69 Å². The van der Waals surface area contributed by atoms with Crippen molar-refractivity contribution in [2.75, 3.05) is 11.3 Å². The fraction of sp³-hybridized carbons (Fsp3) is 0.364. The Bertz CT molecular complexity index is 604. The zero-order chi connectivity index (χ0) is 13.7. The summed E-state index contributed by atoms with van der Waals surface area (Å²) in [6.45, 7) is 3.71. The number of H-pyrrole nitrogens is 1. The lowest BCUT2D eigenvalue weighted by molar-refractivity contribution is 0.601. The normalized spacial score (nSPS) is 11.6. The molecule has 0 bridgehead atoms. The Hall–Kier alpha value is -1.38. The van der Waals surface area contributed by atoms with Crippen LogP contribution < -0.4 is 10.0 Å². The third-order valence-corrected chi connectivity index (χ3v) is 4.86. The molecule has 0 aliphatic heterocycles. The van der Waals surface area contributed by atoms with E-state index in [9.17, 15) is 8.42 Å². The highest BCUT2D eigenvalue weighted by Gasteiger charge is 2.16. The van der Waals surface area contributed by atoms with E-state index < -0.39 is 10.0 Å². The maximum atomic E-state index is 12.1. The summed E-state index contributed by atoms with van der Waals surface area (Å²) in [5, 5.41) is 11.1. The first kappa shape index (κ1) is 14.0. The molecule has 0 saturated heterocycles. The van der Waals surface area contributed by atoms with E-state index in [0.717, 1.165) is 17.8 Å². The number of aromatic amines is 1. The highest BCUT2D eigenvalue weighted by Crippen LogP contribution is 2.21. The van der Waals surface area contributed by atoms with Gasteiger partial charge in [-0.25, -0.2) is 8.42 Å². The van der Waals surface area contributed by atoms with Gasteiger partial charge in [-0.3, -0.25) is 9.82 Å². The van der Waals surface area contributed by atoms with Crippen LogP contribution >= 0.6 is 11.3 Å². The van der Waals surface area contributed by atoms with Crippen molar-refractivity contribution in [3.8, 4) is 0 Å². The number of rotatable bonds is 7. The molecule has 0 spiro atoms. The summed E-state index contributed by atoms with van der Waals surface area (Å²) in [6, 6.07) is 1.69. The second-order valence-corrected chi connectivity index (χ2v) is 6.70. The number of hydrogen-bond donors (Lipinski definition) is 3. The molecule has 2 rings (SSSR count). The average molecular weight is 300 g/mol. The number of anilines is 1. The van der Waals surface area contributed by atoms with Gasteiger partial charge in [-0.1, -0.05) is 6.92 Å². The lowest BCUT2D eigenvalue weighted by Gasteiger charge is -2.02. The van der Waals surface area contributed by atoms with Crippen molar-refractivity contribution in [2.45, 2.75) is 24.8 Å². The molecule has 0 amide bonds. The zero-order valence-corrected chi connectivity index (χ0v) is 12.1. The van der Waals surface area contributed by atoms with Crippen LogP contribution in [-0.2, 0) is 16.6 Å². The van der Waals surface area contributed by atoms with E-state index in [0.29, 0.717) is 12.2 Å². The van der Waals surface area contributed by atoms with E-state index in [2.05, 4.69) is 27.2 Å². The highest BCUT2D eigenvalue weighted by atomic mass is 32.2. The summed E-state index contributed by atoms with van der Waals surface area (Å²) in [6.07, 6.45) is 3.97. The number of nitrogens with zero attached hydrogens (tertiary/aromatic N) is 1. The molecule has 2 aromatic rings. The van der Waals surface area contributed by atoms with Gasteiger partial charge in [0.2, 0.25) is 0 Å². The van der Waals surface area contributed by atoms with E-state index in [1.54, 1.807) is 11.4 Å². The standard InChI is InChI=1S/C11H16N4O2S2/c1-2-3-12-7-10-4-11(8-18-10)19(16,17)15-9-5-13-14-6-9/h4-6,8,12,15H,2-3,7H2,1H3,(H,13,14). The molecule has 0 atom stereocenters. The molecule has 0 fully saturated rings. The van der Waals surface area contributed by atoms with Gasteiger partial charge in [-0.05, 0) is 19.0 Å². The molecular weight excluding hydrogens is 284 g/mol. The van der Waals surface area contributed by atoms with Gasteiger partial charge in [0, 0.05) is 23.0 Å². The highest BCUT2D eigenvalue weighted by molar-refractivity contribution is 7.92. The van der Waals surface area contributed by atoms with Crippen LogP contribution in [0.25, 0.3) is 0 Å². The van der Waals surface area contributed by atoms with Gasteiger partial charge in [0.15, 0.2) is 0 Å². The topological polar surface area (TPSA) is 86.9 Å². The van der Waals surface area contributed by atoms with Crippen molar-refractivity contribution in [3.63, 3.8) is 0 Å². The maximum Gasteiger partial charge on any atom is 0.262 e. The average Bonchev–Trinajstić information content (AvgIpc) is 3.00. The summed E-state index contributed by atoms with van der Waals surface area (Å²) < 4.78 is 26.6. The van der Waals surface area contributed by atoms with Gasteiger partial charge in [0.25, 0.3) is 10.0 Å². The van der Waals surface area contributed by atoms with E-state index in [4.69, 9.17) is 0 Å². The molecule has 0 saturated carbocycles. The minimum absolute atomic E-state index is 0.284. The number of hydrogen-bond acceptors (Lipinski definition) is 5. The minimum atomic E-state index is -3.52. The van der Waals surface area contributed by atoms with Crippen molar-refractivity contribution in [2.24, 2.45) is 0 Å². The van der Waals surface area contributed by atoms with Gasteiger partial charge in [0.1, 0.15) is 0 Å². The minimum Gasteiger partial charge on any atom is -0.312 e. The Morgan fingerprint density at radius 3 is 3.00 bits per heavy atom. The van der Waals surface area contributed by atoms with Crippen molar-refractivity contribution >= 4 is 27.0 Å². The SMILES string of the molecule is CCCNCc1cc(S(=O)(=O)Nc2cn[nH]c2)cs1. The van der Waals surface area contributed by atoms with E-state index in [-0.39, 0.29) is 4.90 Å². The third-order valence-electron chi connectivity index (χ3n) is 2.42. The predicted molar refractivity (Wildman–Crippen MR) is 75.7 cm³/mol. The molecule has 0 unspecified atom stereocenters. The van der Waals surface area contributed by atoms with Crippen LogP contribution in [0, 0.1) is 0 Å². The summed E-state index contributed by atoms with van der Waals surface area (Å²) in [5.74, 6) is 0. The maximum absolute atomic E-state index is 12.1. The Balaban J connectivity index is 2.04.